The van der Waals surface area contributed by atoms with Crippen molar-refractivity contribution in [2.24, 2.45) is 0 Å². The van der Waals surface area contributed by atoms with E-state index >= 15 is 0 Å². The molecule has 0 saturated carbocycles. The Labute approximate surface area is 102 Å². The van der Waals surface area contributed by atoms with Crippen molar-refractivity contribution in [1.82, 2.24) is 4.98 Å². The first-order valence-electron chi connectivity index (χ1n) is 6.05. The summed E-state index contributed by atoms with van der Waals surface area (Å²) in [6.45, 7) is 5.29. The van der Waals surface area contributed by atoms with Crippen molar-refractivity contribution in [3.8, 4) is 5.75 Å². The number of aromatic nitrogens is 1. The van der Waals surface area contributed by atoms with Crippen molar-refractivity contribution in [1.29, 1.82) is 0 Å². The molecule has 1 aromatic rings. The molecule has 4 nitrogen and oxygen atoms in total. The van der Waals surface area contributed by atoms with Gasteiger partial charge >= 0.3 is 0 Å². The standard InChI is InChI=1S/C13H18N2O2/c1-10(2)17-12-6-3-7-14-13(12)15-8-4-5-11(16)9-15/h3,6-7,10H,4-5,8-9H2,1-2H3. The number of anilines is 1. The highest BCUT2D eigenvalue weighted by molar-refractivity contribution is 5.84. The molecule has 0 atom stereocenters. The lowest BCUT2D eigenvalue weighted by Gasteiger charge is -2.28. The summed E-state index contributed by atoms with van der Waals surface area (Å²) in [6.07, 6.45) is 3.43. The highest BCUT2D eigenvalue weighted by Gasteiger charge is 2.21. The Balaban J connectivity index is 2.21. The number of ketones is 1. The van der Waals surface area contributed by atoms with Crippen LogP contribution in [0, 0.1) is 0 Å². The van der Waals surface area contributed by atoms with Gasteiger partial charge in [-0.3, -0.25) is 4.79 Å². The molecule has 1 aromatic heterocycles. The largest absolute Gasteiger partial charge is 0.487 e. The number of hydrogen-bond acceptors (Lipinski definition) is 4. The summed E-state index contributed by atoms with van der Waals surface area (Å²) in [6, 6.07) is 3.76. The molecular formula is C13H18N2O2. The lowest BCUT2D eigenvalue weighted by molar-refractivity contribution is -0.118. The monoisotopic (exact) mass is 234 g/mol. The Hall–Kier alpha value is -1.58. The molecule has 0 N–H and O–H groups in total. The molecule has 1 fully saturated rings. The molecule has 0 amide bonds. The second-order valence-electron chi connectivity index (χ2n) is 4.56. The molecule has 0 bridgehead atoms. The van der Waals surface area contributed by atoms with Crippen LogP contribution in [0.15, 0.2) is 18.3 Å². The van der Waals surface area contributed by atoms with Crippen LogP contribution in [0.25, 0.3) is 0 Å². The summed E-state index contributed by atoms with van der Waals surface area (Å²) in [5.74, 6) is 1.82. The van der Waals surface area contributed by atoms with Crippen molar-refractivity contribution in [3.63, 3.8) is 0 Å². The topological polar surface area (TPSA) is 42.4 Å². The molecule has 2 rings (SSSR count). The lowest BCUT2D eigenvalue weighted by Crippen LogP contribution is -2.36. The minimum atomic E-state index is 0.110. The van der Waals surface area contributed by atoms with Crippen LogP contribution >= 0.6 is 0 Å². The summed E-state index contributed by atoms with van der Waals surface area (Å²) in [5.41, 5.74) is 0. The van der Waals surface area contributed by atoms with Gasteiger partial charge in [0, 0.05) is 19.2 Å². The van der Waals surface area contributed by atoms with Gasteiger partial charge in [0.2, 0.25) is 0 Å². The molecule has 17 heavy (non-hydrogen) atoms. The molecule has 1 saturated heterocycles. The maximum Gasteiger partial charge on any atom is 0.171 e. The van der Waals surface area contributed by atoms with Gasteiger partial charge in [-0.15, -0.1) is 0 Å². The van der Waals surface area contributed by atoms with Crippen LogP contribution in [-0.2, 0) is 4.79 Å². The Morgan fingerprint density at radius 1 is 1.47 bits per heavy atom. The normalized spacial score (nSPS) is 16.4. The van der Waals surface area contributed by atoms with Crippen molar-refractivity contribution in [2.75, 3.05) is 18.0 Å². The van der Waals surface area contributed by atoms with Crippen molar-refractivity contribution in [3.05, 3.63) is 18.3 Å². The van der Waals surface area contributed by atoms with E-state index in [4.69, 9.17) is 4.74 Å². The summed E-state index contributed by atoms with van der Waals surface area (Å²) < 4.78 is 5.72. The van der Waals surface area contributed by atoms with Gasteiger partial charge in [0.1, 0.15) is 0 Å². The van der Waals surface area contributed by atoms with Crippen LogP contribution < -0.4 is 9.64 Å². The number of carbonyl (C=O) groups is 1. The van der Waals surface area contributed by atoms with E-state index in [1.165, 1.54) is 0 Å². The first-order chi connectivity index (χ1) is 8.16. The van der Waals surface area contributed by atoms with Crippen LogP contribution in [0.4, 0.5) is 5.82 Å². The number of piperidine rings is 1. The Morgan fingerprint density at radius 2 is 2.29 bits per heavy atom. The van der Waals surface area contributed by atoms with Crippen LogP contribution in [-0.4, -0.2) is 30.0 Å². The second kappa shape index (κ2) is 5.17. The minimum Gasteiger partial charge on any atom is -0.487 e. The third-order valence-electron chi connectivity index (χ3n) is 2.66. The Kier molecular flexibility index (Phi) is 3.61. The smallest absolute Gasteiger partial charge is 0.171 e. The Morgan fingerprint density at radius 3 is 3.00 bits per heavy atom. The number of rotatable bonds is 3. The molecule has 2 heterocycles. The number of Topliss-reactive ketones (excluding diaryl/α,β-unsaturated/α-hetero) is 1. The van der Waals surface area contributed by atoms with Gasteiger partial charge in [0.25, 0.3) is 0 Å². The Bertz CT molecular complexity index is 404. The van der Waals surface area contributed by atoms with Crippen molar-refractivity contribution < 1.29 is 9.53 Å². The van der Waals surface area contributed by atoms with E-state index in [0.717, 1.165) is 24.5 Å². The third kappa shape index (κ3) is 2.96. The average molecular weight is 234 g/mol. The van der Waals surface area contributed by atoms with Crippen LogP contribution in [0.2, 0.25) is 0 Å². The molecular weight excluding hydrogens is 216 g/mol. The molecule has 92 valence electrons. The van der Waals surface area contributed by atoms with Crippen molar-refractivity contribution >= 4 is 11.6 Å². The number of nitrogens with zero attached hydrogens (tertiary/aromatic N) is 2. The van der Waals surface area contributed by atoms with E-state index in [2.05, 4.69) is 4.98 Å². The zero-order valence-electron chi connectivity index (χ0n) is 10.3. The first kappa shape index (κ1) is 11.9. The average Bonchev–Trinajstić information content (AvgIpc) is 2.29. The predicted molar refractivity (Wildman–Crippen MR) is 66.5 cm³/mol. The number of carbonyl (C=O) groups excluding carboxylic acids is 1. The SMILES string of the molecule is CC(C)Oc1cccnc1N1CCCC(=O)C1. The zero-order chi connectivity index (χ0) is 12.3. The molecule has 0 spiro atoms. The minimum absolute atomic E-state index is 0.110. The zero-order valence-corrected chi connectivity index (χ0v) is 10.3. The van der Waals surface area contributed by atoms with E-state index in [9.17, 15) is 4.79 Å². The molecule has 0 unspecified atom stereocenters. The maximum atomic E-state index is 11.5. The second-order valence-corrected chi connectivity index (χ2v) is 4.56. The van der Waals surface area contributed by atoms with Gasteiger partial charge in [0.05, 0.1) is 12.6 Å². The highest BCUT2D eigenvalue weighted by atomic mass is 16.5. The van der Waals surface area contributed by atoms with Gasteiger partial charge in [-0.05, 0) is 32.4 Å². The van der Waals surface area contributed by atoms with E-state index in [-0.39, 0.29) is 11.9 Å². The fraction of sp³-hybridized carbons (Fsp3) is 0.538. The van der Waals surface area contributed by atoms with E-state index in [1.807, 2.05) is 30.9 Å². The third-order valence-corrected chi connectivity index (χ3v) is 2.66. The summed E-state index contributed by atoms with van der Waals surface area (Å²) in [7, 11) is 0. The van der Waals surface area contributed by atoms with Gasteiger partial charge in [0.15, 0.2) is 17.4 Å². The molecule has 0 aliphatic carbocycles. The van der Waals surface area contributed by atoms with Gasteiger partial charge < -0.3 is 9.64 Å². The first-order valence-corrected chi connectivity index (χ1v) is 6.05. The molecule has 0 aromatic carbocycles. The van der Waals surface area contributed by atoms with Gasteiger partial charge in [-0.25, -0.2) is 4.98 Å². The van der Waals surface area contributed by atoms with Crippen LogP contribution in [0.1, 0.15) is 26.7 Å². The lowest BCUT2D eigenvalue weighted by atomic mass is 10.1. The van der Waals surface area contributed by atoms with Crippen molar-refractivity contribution in [2.45, 2.75) is 32.8 Å². The maximum absolute atomic E-state index is 11.5. The molecule has 0 radical (unpaired) electrons. The quantitative estimate of drug-likeness (QED) is 0.802. The summed E-state index contributed by atoms with van der Waals surface area (Å²) in [5, 5.41) is 0. The van der Waals surface area contributed by atoms with Gasteiger partial charge in [-0.2, -0.15) is 0 Å². The van der Waals surface area contributed by atoms with Crippen LogP contribution in [0.5, 0.6) is 5.75 Å². The van der Waals surface area contributed by atoms with Gasteiger partial charge in [-0.1, -0.05) is 0 Å². The fourth-order valence-corrected chi connectivity index (χ4v) is 1.98. The fourth-order valence-electron chi connectivity index (χ4n) is 1.98. The van der Waals surface area contributed by atoms with E-state index in [1.54, 1.807) is 6.20 Å². The predicted octanol–water partition coefficient (Wildman–Crippen LogP) is 2.04. The molecule has 1 aliphatic rings. The van der Waals surface area contributed by atoms with Crippen LogP contribution in [0.3, 0.4) is 0 Å². The number of ether oxygens (including phenoxy) is 1. The van der Waals surface area contributed by atoms with E-state index in [0.29, 0.717) is 13.0 Å². The number of pyridine rings is 1. The summed E-state index contributed by atoms with van der Waals surface area (Å²) >= 11 is 0. The molecule has 4 heteroatoms. The van der Waals surface area contributed by atoms with E-state index < -0.39 is 0 Å². The number of hydrogen-bond donors (Lipinski definition) is 0. The highest BCUT2D eigenvalue weighted by Crippen LogP contribution is 2.27. The molecule has 1 aliphatic heterocycles. The summed E-state index contributed by atoms with van der Waals surface area (Å²) in [4.78, 5) is 17.8.